The molecule has 2 unspecified atom stereocenters. The van der Waals surface area contributed by atoms with E-state index in [2.05, 4.69) is 5.32 Å². The normalized spacial score (nSPS) is 18.6. The third-order valence-corrected chi connectivity index (χ3v) is 7.58. The Morgan fingerprint density at radius 2 is 1.95 bits per heavy atom. The molecule has 1 aliphatic heterocycles. The van der Waals surface area contributed by atoms with Crippen molar-refractivity contribution in [2.24, 2.45) is 0 Å². The van der Waals surface area contributed by atoms with Crippen molar-refractivity contribution in [3.05, 3.63) is 70.4 Å². The first-order valence-corrected chi connectivity index (χ1v) is 12.6. The topological polar surface area (TPSA) is 117 Å². The minimum Gasteiger partial charge on any atom is -0.611 e. The number of hydrogen-bond acceptors (Lipinski definition) is 5. The molecule has 2 aromatic rings. The highest BCUT2D eigenvalue weighted by Gasteiger charge is 2.50. The van der Waals surface area contributed by atoms with Crippen LogP contribution in [0.5, 0.6) is 0 Å². The number of nitriles is 1. The summed E-state index contributed by atoms with van der Waals surface area (Å²) in [7, 11) is 1.27. The van der Waals surface area contributed by atoms with E-state index >= 15 is 0 Å². The summed E-state index contributed by atoms with van der Waals surface area (Å²) in [6.07, 6.45) is -4.63. The Labute approximate surface area is 213 Å². The number of nitrogens with zero attached hydrogens (tertiary/aromatic N) is 3. The first-order chi connectivity index (χ1) is 17.5. The molecule has 0 bridgehead atoms. The van der Waals surface area contributed by atoms with Gasteiger partial charge in [0.05, 0.1) is 22.9 Å². The Bertz CT molecular complexity index is 1370. The lowest BCUT2D eigenvalue weighted by Gasteiger charge is -2.41. The van der Waals surface area contributed by atoms with Crippen LogP contribution in [0.15, 0.2) is 58.6 Å². The number of alkyl halides is 3. The minimum atomic E-state index is -4.68. The van der Waals surface area contributed by atoms with E-state index in [9.17, 15) is 37.4 Å². The molecule has 0 saturated heterocycles. The molecule has 0 radical (unpaired) electrons. The van der Waals surface area contributed by atoms with Crippen LogP contribution in [0.3, 0.4) is 0 Å². The summed E-state index contributed by atoms with van der Waals surface area (Å²) in [6, 6.07) is 7.15. The van der Waals surface area contributed by atoms with E-state index in [4.69, 9.17) is 0 Å². The van der Waals surface area contributed by atoms with Crippen LogP contribution in [0.2, 0.25) is 0 Å². The lowest BCUT2D eigenvalue weighted by Crippen LogP contribution is -2.55. The fraction of sp³-hybridized carbons (Fsp3) is 0.280. The molecular formula is C25H21F3N4O4S. The van der Waals surface area contributed by atoms with Crippen molar-refractivity contribution in [3.63, 3.8) is 0 Å². The summed E-state index contributed by atoms with van der Waals surface area (Å²) >= 11 is -1.63. The van der Waals surface area contributed by atoms with Crippen LogP contribution < -0.4 is 10.2 Å². The molecule has 4 rings (SSSR count). The lowest BCUT2D eigenvalue weighted by molar-refractivity contribution is -0.137. The minimum absolute atomic E-state index is 0.0199. The highest BCUT2D eigenvalue weighted by atomic mass is 32.2. The molecule has 0 aromatic heterocycles. The molecule has 192 valence electrons. The predicted molar refractivity (Wildman–Crippen MR) is 128 cm³/mol. The van der Waals surface area contributed by atoms with E-state index in [0.717, 1.165) is 28.0 Å². The number of anilines is 1. The summed E-state index contributed by atoms with van der Waals surface area (Å²) in [5, 5.41) is 11.7. The Morgan fingerprint density at radius 1 is 1.22 bits per heavy atom. The lowest BCUT2D eigenvalue weighted by atomic mass is 9.92. The molecule has 2 aliphatic rings. The zero-order valence-corrected chi connectivity index (χ0v) is 20.6. The maximum atomic E-state index is 13.8. The fourth-order valence-electron chi connectivity index (χ4n) is 4.56. The van der Waals surface area contributed by atoms with Gasteiger partial charge in [-0.3, -0.25) is 9.69 Å². The number of ketones is 1. The van der Waals surface area contributed by atoms with E-state index in [1.54, 1.807) is 6.92 Å². The summed E-state index contributed by atoms with van der Waals surface area (Å²) in [6.45, 7) is 1.66. The van der Waals surface area contributed by atoms with E-state index in [1.165, 1.54) is 31.3 Å². The third-order valence-electron chi connectivity index (χ3n) is 6.21. The van der Waals surface area contributed by atoms with Crippen LogP contribution in [0.4, 0.5) is 28.4 Å². The number of amides is 4. The number of hydrogen-bond donors (Lipinski definition) is 1. The van der Waals surface area contributed by atoms with Gasteiger partial charge in [-0.1, -0.05) is 12.1 Å². The SMILES string of the molecule is CC[S+]([O-])c1cc(C#N)ccc1C1C2=C(CCC2=O)N(c2cccc(C(F)(F)F)c2)C(=O)N1C(=O)NC. The van der Waals surface area contributed by atoms with E-state index in [0.29, 0.717) is 0 Å². The number of urea groups is 2. The number of benzene rings is 2. The standard InChI is InChI=1S/C25H21F3N4O4S/c1-3-37(36)20-11-14(13-29)7-8-17(20)22-21-18(9-10-19(21)33)31(24(35)32(22)23(34)30-2)16-6-4-5-15(12-16)25(26,27)28/h4-8,11-12,22H,3,9-10H2,1-2H3,(H,30,34). The van der Waals surface area contributed by atoms with Gasteiger partial charge in [0.15, 0.2) is 10.7 Å². The van der Waals surface area contributed by atoms with Crippen LogP contribution in [0.1, 0.15) is 42.5 Å². The molecule has 0 saturated carbocycles. The van der Waals surface area contributed by atoms with Crippen LogP contribution in [0, 0.1) is 11.3 Å². The second-order valence-electron chi connectivity index (χ2n) is 8.28. The number of carbonyl (C=O) groups is 3. The molecule has 8 nitrogen and oxygen atoms in total. The van der Waals surface area contributed by atoms with Gasteiger partial charge in [0.1, 0.15) is 11.8 Å². The molecule has 1 N–H and O–H groups in total. The van der Waals surface area contributed by atoms with Gasteiger partial charge < -0.3 is 9.87 Å². The largest absolute Gasteiger partial charge is 0.611 e. The highest BCUT2D eigenvalue weighted by Crippen LogP contribution is 2.47. The molecule has 2 atom stereocenters. The average Bonchev–Trinajstić information content (AvgIpc) is 3.26. The zero-order valence-electron chi connectivity index (χ0n) is 19.8. The van der Waals surface area contributed by atoms with Gasteiger partial charge in [0.2, 0.25) is 0 Å². The summed E-state index contributed by atoms with van der Waals surface area (Å²) < 4.78 is 53.2. The van der Waals surface area contributed by atoms with Crippen molar-refractivity contribution < 1.29 is 32.1 Å². The van der Waals surface area contributed by atoms with Gasteiger partial charge in [-0.15, -0.1) is 0 Å². The van der Waals surface area contributed by atoms with Gasteiger partial charge >= 0.3 is 18.2 Å². The third kappa shape index (κ3) is 4.56. The zero-order chi connectivity index (χ0) is 27.1. The molecule has 12 heteroatoms. The van der Waals surface area contributed by atoms with Crippen molar-refractivity contribution >= 4 is 34.7 Å². The number of imide groups is 1. The molecule has 0 fully saturated rings. The molecule has 37 heavy (non-hydrogen) atoms. The van der Waals surface area contributed by atoms with Gasteiger partial charge in [-0.05, 0) is 48.8 Å². The number of Topliss-reactive ketones (excluding diaryl/α,β-unsaturated/α-hetero) is 1. The van der Waals surface area contributed by atoms with E-state index in [1.807, 2.05) is 6.07 Å². The Morgan fingerprint density at radius 3 is 2.57 bits per heavy atom. The highest BCUT2D eigenvalue weighted by molar-refractivity contribution is 7.91. The number of rotatable bonds is 4. The Balaban J connectivity index is 2.00. The molecular weight excluding hydrogens is 509 g/mol. The van der Waals surface area contributed by atoms with Gasteiger partial charge in [-0.2, -0.15) is 18.4 Å². The molecule has 4 amide bonds. The van der Waals surface area contributed by atoms with Crippen molar-refractivity contribution in [2.45, 2.75) is 36.9 Å². The Hall–Kier alpha value is -3.82. The summed E-state index contributed by atoms with van der Waals surface area (Å²) in [5.41, 5.74) is -0.483. The maximum absolute atomic E-state index is 13.8. The van der Waals surface area contributed by atoms with Crippen molar-refractivity contribution in [1.29, 1.82) is 5.26 Å². The number of allylic oxidation sites excluding steroid dienone is 1. The van der Waals surface area contributed by atoms with Gasteiger partial charge in [-0.25, -0.2) is 14.5 Å². The van der Waals surface area contributed by atoms with Crippen LogP contribution in [-0.2, 0) is 22.1 Å². The van der Waals surface area contributed by atoms with Crippen LogP contribution >= 0.6 is 0 Å². The molecule has 1 heterocycles. The predicted octanol–water partition coefficient (Wildman–Crippen LogP) is 4.64. The first kappa shape index (κ1) is 26.2. The number of halogens is 3. The summed E-state index contributed by atoms with van der Waals surface area (Å²) in [5.74, 6) is -0.227. The molecule has 0 spiro atoms. The number of nitrogens with one attached hydrogen (secondary N) is 1. The number of carbonyl (C=O) groups excluding carboxylic acids is 3. The second kappa shape index (κ2) is 9.91. The summed E-state index contributed by atoms with van der Waals surface area (Å²) in [4.78, 5) is 42.0. The van der Waals surface area contributed by atoms with Crippen LogP contribution in [0.25, 0.3) is 0 Å². The van der Waals surface area contributed by atoms with Crippen molar-refractivity contribution in [3.8, 4) is 6.07 Å². The monoisotopic (exact) mass is 530 g/mol. The smallest absolute Gasteiger partial charge is 0.416 e. The Kier molecular flexibility index (Phi) is 7.03. The second-order valence-corrected chi connectivity index (χ2v) is 9.98. The van der Waals surface area contributed by atoms with E-state index < -0.39 is 46.8 Å². The van der Waals surface area contributed by atoms with Crippen LogP contribution in [-0.4, -0.2) is 40.1 Å². The van der Waals surface area contributed by atoms with E-state index in [-0.39, 0.29) is 51.6 Å². The van der Waals surface area contributed by atoms with Gasteiger partial charge in [0.25, 0.3) is 0 Å². The van der Waals surface area contributed by atoms with Crippen molar-refractivity contribution in [2.75, 3.05) is 17.7 Å². The fourth-order valence-corrected chi connectivity index (χ4v) is 5.57. The maximum Gasteiger partial charge on any atom is 0.416 e. The quantitative estimate of drug-likeness (QED) is 0.578. The van der Waals surface area contributed by atoms with Gasteiger partial charge in [0, 0.05) is 36.4 Å². The average molecular weight is 531 g/mol. The van der Waals surface area contributed by atoms with Crippen molar-refractivity contribution in [1.82, 2.24) is 10.2 Å². The molecule has 2 aromatic carbocycles. The molecule has 1 aliphatic carbocycles. The first-order valence-electron chi connectivity index (χ1n) is 11.2.